The van der Waals surface area contributed by atoms with Crippen molar-refractivity contribution in [1.29, 1.82) is 0 Å². The van der Waals surface area contributed by atoms with Gasteiger partial charge >= 0.3 is 0 Å². The number of nitrogens with two attached hydrogens (primary N) is 1. The molecule has 0 unspecified atom stereocenters. The fraction of sp³-hybridized carbons (Fsp3) is 0. The van der Waals surface area contributed by atoms with E-state index in [0.717, 1.165) is 5.56 Å². The molecule has 88 valence electrons. The minimum absolute atomic E-state index is 0.126. The largest absolute Gasteiger partial charge is 0.366 e. The van der Waals surface area contributed by atoms with Gasteiger partial charge in [0.25, 0.3) is 5.91 Å². The molecule has 0 spiro atoms. The van der Waals surface area contributed by atoms with Gasteiger partial charge in [0.1, 0.15) is 0 Å². The van der Waals surface area contributed by atoms with E-state index in [1.165, 1.54) is 12.3 Å². The Morgan fingerprint density at radius 3 is 2.61 bits per heavy atom. The number of azide groups is 1. The first-order chi connectivity index (χ1) is 8.74. The molecule has 0 atom stereocenters. The highest BCUT2D eigenvalue weighted by molar-refractivity contribution is 6.03. The number of nitrogens with zero attached hydrogens (tertiary/aromatic N) is 4. The highest BCUT2D eigenvalue weighted by atomic mass is 16.1. The summed E-state index contributed by atoms with van der Waals surface area (Å²) in [6.07, 6.45) is 1.47. The molecule has 6 heteroatoms. The fourth-order valence-corrected chi connectivity index (χ4v) is 1.64. The zero-order chi connectivity index (χ0) is 13.0. The molecule has 1 aromatic heterocycles. The van der Waals surface area contributed by atoms with Crippen molar-refractivity contribution in [3.63, 3.8) is 0 Å². The third-order valence-electron chi connectivity index (χ3n) is 2.38. The van der Waals surface area contributed by atoms with Gasteiger partial charge in [-0.25, -0.2) is 0 Å². The number of aromatic nitrogens is 1. The van der Waals surface area contributed by atoms with Crippen molar-refractivity contribution in [2.75, 3.05) is 0 Å². The molecule has 0 aliphatic carbocycles. The summed E-state index contributed by atoms with van der Waals surface area (Å²) < 4.78 is 0. The highest BCUT2D eigenvalue weighted by Gasteiger charge is 2.15. The van der Waals surface area contributed by atoms with Crippen LogP contribution >= 0.6 is 0 Å². The molecule has 0 bridgehead atoms. The number of carbonyl (C=O) groups excluding carboxylic acids is 1. The number of carbonyl (C=O) groups is 1. The minimum Gasteiger partial charge on any atom is -0.366 e. The standard InChI is InChI=1S/C12H9N5O/c13-12(18)10-9(16-17-14)6-7-15-11(10)8-4-2-1-3-5-8/h1-7H,(H2,13,18). The molecule has 2 aromatic rings. The van der Waals surface area contributed by atoms with Crippen molar-refractivity contribution in [2.45, 2.75) is 0 Å². The summed E-state index contributed by atoms with van der Waals surface area (Å²) in [5.74, 6) is -0.677. The smallest absolute Gasteiger partial charge is 0.251 e. The lowest BCUT2D eigenvalue weighted by Gasteiger charge is -2.07. The van der Waals surface area contributed by atoms with Crippen LogP contribution < -0.4 is 5.73 Å². The number of pyridine rings is 1. The van der Waals surface area contributed by atoms with E-state index in [1.54, 1.807) is 12.1 Å². The number of hydrogen-bond donors (Lipinski definition) is 1. The molecular formula is C12H9N5O. The van der Waals surface area contributed by atoms with Crippen LogP contribution in [0, 0.1) is 0 Å². The van der Waals surface area contributed by atoms with Crippen LogP contribution in [0.25, 0.3) is 21.7 Å². The normalized spacial score (nSPS) is 9.56. The average Bonchev–Trinajstić information content (AvgIpc) is 2.39. The Kier molecular flexibility index (Phi) is 3.22. The Hall–Kier alpha value is -2.85. The number of rotatable bonds is 3. The third-order valence-corrected chi connectivity index (χ3v) is 2.38. The summed E-state index contributed by atoms with van der Waals surface area (Å²) in [4.78, 5) is 18.3. The van der Waals surface area contributed by atoms with Crippen LogP contribution in [0.4, 0.5) is 5.69 Å². The van der Waals surface area contributed by atoms with Gasteiger partial charge in [-0.1, -0.05) is 35.4 Å². The lowest BCUT2D eigenvalue weighted by molar-refractivity contribution is 0.100. The molecule has 2 rings (SSSR count). The first-order valence-electron chi connectivity index (χ1n) is 5.13. The molecule has 1 heterocycles. The average molecular weight is 239 g/mol. The van der Waals surface area contributed by atoms with Gasteiger partial charge in [0.05, 0.1) is 16.9 Å². The van der Waals surface area contributed by atoms with E-state index in [2.05, 4.69) is 15.0 Å². The number of hydrogen-bond acceptors (Lipinski definition) is 3. The van der Waals surface area contributed by atoms with Crippen molar-refractivity contribution >= 4 is 11.6 Å². The molecule has 0 fully saturated rings. The number of benzene rings is 1. The van der Waals surface area contributed by atoms with E-state index in [0.29, 0.717) is 5.69 Å². The van der Waals surface area contributed by atoms with Gasteiger partial charge in [-0.2, -0.15) is 0 Å². The molecule has 18 heavy (non-hydrogen) atoms. The van der Waals surface area contributed by atoms with E-state index in [9.17, 15) is 4.79 Å². The van der Waals surface area contributed by atoms with Crippen LogP contribution in [0.1, 0.15) is 10.4 Å². The molecular weight excluding hydrogens is 230 g/mol. The molecule has 0 aliphatic rings. The van der Waals surface area contributed by atoms with Crippen LogP contribution in [-0.2, 0) is 0 Å². The van der Waals surface area contributed by atoms with Gasteiger partial charge in [-0.05, 0) is 11.6 Å². The molecule has 2 N–H and O–H groups in total. The van der Waals surface area contributed by atoms with E-state index in [-0.39, 0.29) is 11.3 Å². The van der Waals surface area contributed by atoms with Crippen molar-refractivity contribution in [3.05, 3.63) is 58.6 Å². The molecule has 6 nitrogen and oxygen atoms in total. The molecule has 0 radical (unpaired) electrons. The van der Waals surface area contributed by atoms with Crippen LogP contribution in [0.3, 0.4) is 0 Å². The van der Waals surface area contributed by atoms with Gasteiger partial charge in [-0.3, -0.25) is 9.78 Å². The topological polar surface area (TPSA) is 105 Å². The van der Waals surface area contributed by atoms with Crippen molar-refractivity contribution in [1.82, 2.24) is 4.98 Å². The summed E-state index contributed by atoms with van der Waals surface area (Å²) >= 11 is 0. The van der Waals surface area contributed by atoms with Gasteiger partial charge in [-0.15, -0.1) is 0 Å². The quantitative estimate of drug-likeness (QED) is 0.505. The number of primary amides is 1. The lowest BCUT2D eigenvalue weighted by Crippen LogP contribution is -2.13. The van der Waals surface area contributed by atoms with Crippen LogP contribution in [0.15, 0.2) is 47.7 Å². The summed E-state index contributed by atoms with van der Waals surface area (Å²) in [6, 6.07) is 10.5. The zero-order valence-electron chi connectivity index (χ0n) is 9.32. The lowest BCUT2D eigenvalue weighted by atomic mass is 10.0. The SMILES string of the molecule is [N-]=[N+]=Nc1ccnc(-c2ccccc2)c1C(N)=O. The Labute approximate surface area is 103 Å². The second-order valence-electron chi connectivity index (χ2n) is 3.47. The Morgan fingerprint density at radius 1 is 1.28 bits per heavy atom. The first kappa shape index (κ1) is 11.6. The third kappa shape index (κ3) is 2.14. The summed E-state index contributed by atoms with van der Waals surface area (Å²) in [7, 11) is 0. The second kappa shape index (κ2) is 4.99. The Balaban J connectivity index is 2.72. The summed E-state index contributed by atoms with van der Waals surface area (Å²) in [5.41, 5.74) is 15.2. The van der Waals surface area contributed by atoms with E-state index in [1.807, 2.05) is 18.2 Å². The zero-order valence-corrected chi connectivity index (χ0v) is 9.32. The predicted octanol–water partition coefficient (Wildman–Crippen LogP) is 2.79. The maximum Gasteiger partial charge on any atom is 0.251 e. The van der Waals surface area contributed by atoms with Gasteiger partial charge in [0, 0.05) is 16.7 Å². The van der Waals surface area contributed by atoms with Gasteiger partial charge in [0.2, 0.25) is 0 Å². The van der Waals surface area contributed by atoms with E-state index in [4.69, 9.17) is 11.3 Å². The summed E-state index contributed by atoms with van der Waals surface area (Å²) in [5, 5.41) is 3.45. The van der Waals surface area contributed by atoms with Crippen molar-refractivity contribution < 1.29 is 4.79 Å². The van der Waals surface area contributed by atoms with Crippen LogP contribution in [-0.4, -0.2) is 10.9 Å². The molecule has 0 saturated heterocycles. The van der Waals surface area contributed by atoms with E-state index < -0.39 is 5.91 Å². The maximum atomic E-state index is 11.5. The van der Waals surface area contributed by atoms with E-state index >= 15 is 0 Å². The van der Waals surface area contributed by atoms with Gasteiger partial charge < -0.3 is 5.73 Å². The monoisotopic (exact) mass is 239 g/mol. The van der Waals surface area contributed by atoms with Crippen LogP contribution in [0.5, 0.6) is 0 Å². The van der Waals surface area contributed by atoms with Gasteiger partial charge in [0.15, 0.2) is 0 Å². The maximum absolute atomic E-state index is 11.5. The fourth-order valence-electron chi connectivity index (χ4n) is 1.64. The molecule has 0 saturated carbocycles. The Morgan fingerprint density at radius 2 is 2.00 bits per heavy atom. The number of amides is 1. The molecule has 1 aromatic carbocycles. The molecule has 0 aliphatic heterocycles. The highest BCUT2D eigenvalue weighted by Crippen LogP contribution is 2.28. The second-order valence-corrected chi connectivity index (χ2v) is 3.47. The van der Waals surface area contributed by atoms with Crippen molar-refractivity contribution in [3.8, 4) is 11.3 Å². The van der Waals surface area contributed by atoms with Crippen molar-refractivity contribution in [2.24, 2.45) is 10.8 Å². The first-order valence-corrected chi connectivity index (χ1v) is 5.13. The molecule has 1 amide bonds. The Bertz CT molecular complexity index is 632. The predicted molar refractivity (Wildman–Crippen MR) is 67.0 cm³/mol. The minimum atomic E-state index is -0.677. The summed E-state index contributed by atoms with van der Waals surface area (Å²) in [6.45, 7) is 0. The van der Waals surface area contributed by atoms with Crippen LogP contribution in [0.2, 0.25) is 0 Å².